The molecular weight excluding hydrogens is 272 g/mol. The largest absolute Gasteiger partial charge is 0.381 e. The number of imidazole rings is 1. The SMILES string of the molecule is Cc1cc(C)c(-c2nccn2CCC2CCCOC2)cc1C. The molecule has 1 aliphatic heterocycles. The molecule has 0 saturated carbocycles. The van der Waals surface area contributed by atoms with Gasteiger partial charge in [0.15, 0.2) is 0 Å². The van der Waals surface area contributed by atoms with Crippen molar-refractivity contribution in [3.8, 4) is 11.4 Å². The predicted molar refractivity (Wildman–Crippen MR) is 90.0 cm³/mol. The minimum Gasteiger partial charge on any atom is -0.381 e. The molecule has 2 heterocycles. The summed E-state index contributed by atoms with van der Waals surface area (Å²) in [6, 6.07) is 4.53. The molecule has 1 unspecified atom stereocenters. The zero-order valence-electron chi connectivity index (χ0n) is 13.9. The van der Waals surface area contributed by atoms with Crippen molar-refractivity contribution in [2.45, 2.75) is 46.6 Å². The number of ether oxygens (including phenoxy) is 1. The van der Waals surface area contributed by atoms with Crippen LogP contribution in [0, 0.1) is 26.7 Å². The Kier molecular flexibility index (Phi) is 4.63. The third-order valence-corrected chi connectivity index (χ3v) is 4.83. The van der Waals surface area contributed by atoms with E-state index in [0.717, 1.165) is 25.6 Å². The van der Waals surface area contributed by atoms with E-state index in [2.05, 4.69) is 48.7 Å². The molecule has 1 aromatic heterocycles. The molecule has 0 aliphatic carbocycles. The van der Waals surface area contributed by atoms with Gasteiger partial charge in [-0.3, -0.25) is 0 Å². The minimum absolute atomic E-state index is 0.699. The standard InChI is InChI=1S/C19H26N2O/c1-14-11-16(3)18(12-15(14)2)19-20-7-9-21(19)8-6-17-5-4-10-22-13-17/h7,9,11-12,17H,4-6,8,10,13H2,1-3H3. The van der Waals surface area contributed by atoms with E-state index in [4.69, 9.17) is 4.74 Å². The van der Waals surface area contributed by atoms with Crippen molar-refractivity contribution >= 4 is 0 Å². The van der Waals surface area contributed by atoms with Gasteiger partial charge in [0, 0.05) is 37.7 Å². The van der Waals surface area contributed by atoms with E-state index in [0.29, 0.717) is 5.92 Å². The molecule has 2 aromatic rings. The second-order valence-electron chi connectivity index (χ2n) is 6.57. The number of aromatic nitrogens is 2. The monoisotopic (exact) mass is 298 g/mol. The number of benzene rings is 1. The maximum Gasteiger partial charge on any atom is 0.140 e. The van der Waals surface area contributed by atoms with Crippen molar-refractivity contribution in [1.29, 1.82) is 0 Å². The van der Waals surface area contributed by atoms with Crippen molar-refractivity contribution in [3.63, 3.8) is 0 Å². The Hall–Kier alpha value is -1.61. The molecule has 118 valence electrons. The highest BCUT2D eigenvalue weighted by Gasteiger charge is 2.15. The number of aryl methyl sites for hydroxylation is 4. The van der Waals surface area contributed by atoms with Crippen LogP contribution in [0.3, 0.4) is 0 Å². The molecular formula is C19H26N2O. The third-order valence-electron chi connectivity index (χ3n) is 4.83. The molecule has 3 rings (SSSR count). The summed E-state index contributed by atoms with van der Waals surface area (Å²) >= 11 is 0. The first-order valence-electron chi connectivity index (χ1n) is 8.32. The van der Waals surface area contributed by atoms with E-state index in [1.807, 2.05) is 6.20 Å². The van der Waals surface area contributed by atoms with Crippen LogP contribution >= 0.6 is 0 Å². The molecule has 3 heteroatoms. The van der Waals surface area contributed by atoms with E-state index in [9.17, 15) is 0 Å². The summed E-state index contributed by atoms with van der Waals surface area (Å²) in [5.74, 6) is 1.79. The molecule has 0 radical (unpaired) electrons. The molecule has 0 N–H and O–H groups in total. The van der Waals surface area contributed by atoms with Gasteiger partial charge in [0.05, 0.1) is 0 Å². The minimum atomic E-state index is 0.699. The van der Waals surface area contributed by atoms with Gasteiger partial charge >= 0.3 is 0 Å². The lowest BCUT2D eigenvalue weighted by Crippen LogP contribution is -2.19. The first-order valence-corrected chi connectivity index (χ1v) is 8.32. The highest BCUT2D eigenvalue weighted by atomic mass is 16.5. The third kappa shape index (κ3) is 3.25. The van der Waals surface area contributed by atoms with Crippen LogP contribution < -0.4 is 0 Å². The molecule has 0 bridgehead atoms. The van der Waals surface area contributed by atoms with Crippen LogP contribution in [0.25, 0.3) is 11.4 Å². The maximum absolute atomic E-state index is 5.59. The Morgan fingerprint density at radius 3 is 2.77 bits per heavy atom. The van der Waals surface area contributed by atoms with Gasteiger partial charge in [-0.1, -0.05) is 6.07 Å². The van der Waals surface area contributed by atoms with Crippen LogP contribution in [0.15, 0.2) is 24.5 Å². The van der Waals surface area contributed by atoms with E-state index in [1.54, 1.807) is 0 Å². The van der Waals surface area contributed by atoms with Crippen LogP contribution in [0.1, 0.15) is 36.0 Å². The molecule has 1 saturated heterocycles. The summed E-state index contributed by atoms with van der Waals surface area (Å²) < 4.78 is 7.89. The number of hydrogen-bond donors (Lipinski definition) is 0. The Bertz CT molecular complexity index is 639. The predicted octanol–water partition coefficient (Wildman–Crippen LogP) is 4.29. The average molecular weight is 298 g/mol. The topological polar surface area (TPSA) is 27.1 Å². The van der Waals surface area contributed by atoms with Crippen molar-refractivity contribution in [2.75, 3.05) is 13.2 Å². The molecule has 1 aliphatic rings. The zero-order chi connectivity index (χ0) is 15.5. The fourth-order valence-electron chi connectivity index (χ4n) is 3.29. The van der Waals surface area contributed by atoms with Crippen molar-refractivity contribution in [2.24, 2.45) is 5.92 Å². The van der Waals surface area contributed by atoms with Crippen molar-refractivity contribution in [1.82, 2.24) is 9.55 Å². The summed E-state index contributed by atoms with van der Waals surface area (Å²) in [6.45, 7) is 9.40. The highest BCUT2D eigenvalue weighted by Crippen LogP contribution is 2.26. The van der Waals surface area contributed by atoms with Crippen LogP contribution in [0.2, 0.25) is 0 Å². The lowest BCUT2D eigenvalue weighted by molar-refractivity contribution is 0.0501. The zero-order valence-corrected chi connectivity index (χ0v) is 13.9. The summed E-state index contributed by atoms with van der Waals surface area (Å²) in [7, 11) is 0. The average Bonchev–Trinajstić information content (AvgIpc) is 2.98. The Morgan fingerprint density at radius 1 is 1.18 bits per heavy atom. The van der Waals surface area contributed by atoms with Gasteiger partial charge in [0.25, 0.3) is 0 Å². The van der Waals surface area contributed by atoms with Crippen molar-refractivity contribution in [3.05, 3.63) is 41.2 Å². The first kappa shape index (κ1) is 15.3. The molecule has 1 fully saturated rings. The van der Waals surface area contributed by atoms with E-state index < -0.39 is 0 Å². The molecule has 3 nitrogen and oxygen atoms in total. The van der Waals surface area contributed by atoms with Crippen molar-refractivity contribution < 1.29 is 4.74 Å². The Balaban J connectivity index is 1.78. The maximum atomic E-state index is 5.59. The lowest BCUT2D eigenvalue weighted by atomic mass is 9.98. The molecule has 1 aromatic carbocycles. The van der Waals surface area contributed by atoms with E-state index in [-0.39, 0.29) is 0 Å². The van der Waals surface area contributed by atoms with Gasteiger partial charge in [-0.15, -0.1) is 0 Å². The van der Waals surface area contributed by atoms with Gasteiger partial charge in [0.2, 0.25) is 0 Å². The quantitative estimate of drug-likeness (QED) is 0.842. The number of nitrogens with zero attached hydrogens (tertiary/aromatic N) is 2. The summed E-state index contributed by atoms with van der Waals surface area (Å²) in [5, 5.41) is 0. The van der Waals surface area contributed by atoms with Gasteiger partial charge in [0.1, 0.15) is 5.82 Å². The Labute approximate surface area is 133 Å². The molecule has 0 amide bonds. The summed E-state index contributed by atoms with van der Waals surface area (Å²) in [4.78, 5) is 4.61. The van der Waals surface area contributed by atoms with E-state index >= 15 is 0 Å². The normalized spacial score (nSPS) is 18.6. The fraction of sp³-hybridized carbons (Fsp3) is 0.526. The van der Waals surface area contributed by atoms with Crippen LogP contribution in [0.4, 0.5) is 0 Å². The highest BCUT2D eigenvalue weighted by molar-refractivity contribution is 5.62. The molecule has 22 heavy (non-hydrogen) atoms. The summed E-state index contributed by atoms with van der Waals surface area (Å²) in [6.07, 6.45) is 7.70. The molecule has 1 atom stereocenters. The number of hydrogen-bond acceptors (Lipinski definition) is 2. The lowest BCUT2D eigenvalue weighted by Gasteiger charge is -2.22. The number of rotatable bonds is 4. The fourth-order valence-corrected chi connectivity index (χ4v) is 3.29. The van der Waals surface area contributed by atoms with Gasteiger partial charge < -0.3 is 9.30 Å². The van der Waals surface area contributed by atoms with Crippen LogP contribution in [0.5, 0.6) is 0 Å². The van der Waals surface area contributed by atoms with Gasteiger partial charge in [-0.2, -0.15) is 0 Å². The second kappa shape index (κ2) is 6.66. The van der Waals surface area contributed by atoms with Crippen LogP contribution in [-0.4, -0.2) is 22.8 Å². The molecule has 0 spiro atoms. The van der Waals surface area contributed by atoms with Crippen LogP contribution in [-0.2, 0) is 11.3 Å². The van der Waals surface area contributed by atoms with E-state index in [1.165, 1.54) is 41.5 Å². The Morgan fingerprint density at radius 2 is 2.00 bits per heavy atom. The summed E-state index contributed by atoms with van der Waals surface area (Å²) in [5.41, 5.74) is 5.24. The second-order valence-corrected chi connectivity index (χ2v) is 6.57. The van der Waals surface area contributed by atoms with Gasteiger partial charge in [-0.05, 0) is 68.7 Å². The smallest absolute Gasteiger partial charge is 0.140 e. The first-order chi connectivity index (χ1) is 10.6. The van der Waals surface area contributed by atoms with Gasteiger partial charge in [-0.25, -0.2) is 4.98 Å².